The van der Waals surface area contributed by atoms with E-state index in [0.29, 0.717) is 6.42 Å². The van der Waals surface area contributed by atoms with Crippen molar-refractivity contribution in [3.8, 4) is 0 Å². The van der Waals surface area contributed by atoms with Crippen molar-refractivity contribution in [3.63, 3.8) is 0 Å². The third kappa shape index (κ3) is 3.58. The van der Waals surface area contributed by atoms with Crippen LogP contribution in [0.3, 0.4) is 0 Å². The van der Waals surface area contributed by atoms with Gasteiger partial charge in [-0.25, -0.2) is 4.39 Å². The zero-order chi connectivity index (χ0) is 13.0. The molecule has 0 aliphatic rings. The highest BCUT2D eigenvalue weighted by Gasteiger charge is 2.64. The monoisotopic (exact) mass is 266 g/mol. The summed E-state index contributed by atoms with van der Waals surface area (Å²) >= 11 is 0. The Labute approximate surface area is 91.6 Å². The Hall–Kier alpha value is -0.370. The number of hydrogen-bond donors (Lipinski definition) is 1. The van der Waals surface area contributed by atoms with Crippen LogP contribution in [0.15, 0.2) is 0 Å². The summed E-state index contributed by atoms with van der Waals surface area (Å²) in [6.45, 7) is 1.80. The topological polar surface area (TPSA) is 54.4 Å². The molecule has 16 heavy (non-hydrogen) atoms. The summed E-state index contributed by atoms with van der Waals surface area (Å²) in [5.74, 6) is 0. The van der Waals surface area contributed by atoms with Crippen molar-refractivity contribution in [2.45, 2.75) is 50.2 Å². The molecule has 0 rings (SSSR count). The van der Waals surface area contributed by atoms with E-state index in [4.69, 9.17) is 4.55 Å². The highest BCUT2D eigenvalue weighted by Crippen LogP contribution is 2.41. The smallest absolute Gasteiger partial charge is 0.283 e. The van der Waals surface area contributed by atoms with E-state index >= 15 is 0 Å². The Balaban J connectivity index is 4.73. The number of alkyl halides is 4. The lowest BCUT2D eigenvalue weighted by atomic mass is 10.1. The quantitative estimate of drug-likeness (QED) is 0.456. The summed E-state index contributed by atoms with van der Waals surface area (Å²) in [5.41, 5.74) is 0. The molecule has 0 aromatic carbocycles. The van der Waals surface area contributed by atoms with E-state index in [-0.39, 0.29) is 12.8 Å². The predicted molar refractivity (Wildman–Crippen MR) is 50.2 cm³/mol. The summed E-state index contributed by atoms with van der Waals surface area (Å²) in [7, 11) is -5.80. The molecule has 0 aromatic heterocycles. The molecule has 1 atom stereocenters. The largest absolute Gasteiger partial charge is 0.439 e. The highest BCUT2D eigenvalue weighted by molar-refractivity contribution is 7.87. The van der Waals surface area contributed by atoms with Gasteiger partial charge in [-0.3, -0.25) is 4.55 Å². The first kappa shape index (κ1) is 15.6. The number of rotatable bonds is 6. The zero-order valence-electron chi connectivity index (χ0n) is 8.72. The summed E-state index contributed by atoms with van der Waals surface area (Å²) in [6.07, 6.45) is -5.55. The van der Waals surface area contributed by atoms with Crippen molar-refractivity contribution < 1.29 is 30.5 Å². The molecule has 0 radical (unpaired) electrons. The van der Waals surface area contributed by atoms with Crippen LogP contribution < -0.4 is 0 Å². The maximum absolute atomic E-state index is 13.3. The molecular weight excluding hydrogens is 252 g/mol. The Morgan fingerprint density at radius 1 is 1.06 bits per heavy atom. The Morgan fingerprint density at radius 3 is 1.88 bits per heavy atom. The molecule has 0 heterocycles. The van der Waals surface area contributed by atoms with Gasteiger partial charge in [0.1, 0.15) is 0 Å². The Kier molecular flexibility index (Phi) is 5.18. The molecule has 0 spiro atoms. The maximum atomic E-state index is 13.3. The fraction of sp³-hybridized carbons (Fsp3) is 1.00. The predicted octanol–water partition coefficient (Wildman–Crippen LogP) is 3.07. The van der Waals surface area contributed by atoms with Crippen molar-refractivity contribution in [1.29, 1.82) is 0 Å². The van der Waals surface area contributed by atoms with E-state index in [9.17, 15) is 26.0 Å². The first-order chi connectivity index (χ1) is 7.06. The normalized spacial score (nSPS) is 17.1. The van der Waals surface area contributed by atoms with E-state index in [1.807, 2.05) is 0 Å². The summed E-state index contributed by atoms with van der Waals surface area (Å²) in [5, 5.41) is -4.55. The minimum Gasteiger partial charge on any atom is -0.283 e. The molecule has 3 nitrogen and oxygen atoms in total. The van der Waals surface area contributed by atoms with Crippen molar-refractivity contribution in [2.75, 3.05) is 0 Å². The van der Waals surface area contributed by atoms with Crippen molar-refractivity contribution in [2.24, 2.45) is 0 Å². The Bertz CT molecular complexity index is 312. The second kappa shape index (κ2) is 5.31. The SMILES string of the molecule is CCCCCCC(F)(C(F)(F)F)S(=O)(=O)O. The van der Waals surface area contributed by atoms with Gasteiger partial charge in [0, 0.05) is 6.42 Å². The molecular formula is C8H14F4O3S. The van der Waals surface area contributed by atoms with Crippen LogP contribution in [0.4, 0.5) is 17.6 Å². The van der Waals surface area contributed by atoms with Crippen LogP contribution in [0.2, 0.25) is 0 Å². The highest BCUT2D eigenvalue weighted by atomic mass is 32.2. The van der Waals surface area contributed by atoms with E-state index < -0.39 is 27.7 Å². The van der Waals surface area contributed by atoms with E-state index in [1.54, 1.807) is 6.92 Å². The standard InChI is InChI=1S/C8H14F4O3S/c1-2-3-4-5-6-7(9,8(10,11)12)16(13,14)15/h2-6H2,1H3,(H,13,14,15). The van der Waals surface area contributed by atoms with Crippen LogP contribution in [0, 0.1) is 0 Å². The molecule has 8 heteroatoms. The van der Waals surface area contributed by atoms with Gasteiger partial charge in [-0.1, -0.05) is 26.2 Å². The summed E-state index contributed by atoms with van der Waals surface area (Å²) in [4.78, 5) is 0. The molecule has 0 aromatic rings. The lowest BCUT2D eigenvalue weighted by Gasteiger charge is -2.24. The van der Waals surface area contributed by atoms with Gasteiger partial charge in [-0.2, -0.15) is 21.6 Å². The van der Waals surface area contributed by atoms with Crippen LogP contribution >= 0.6 is 0 Å². The molecule has 0 saturated heterocycles. The molecule has 1 N–H and O–H groups in total. The van der Waals surface area contributed by atoms with Crippen LogP contribution in [0.25, 0.3) is 0 Å². The van der Waals surface area contributed by atoms with Crippen molar-refractivity contribution in [3.05, 3.63) is 0 Å². The van der Waals surface area contributed by atoms with Gasteiger partial charge in [-0.05, 0) is 6.42 Å². The second-order valence-electron chi connectivity index (χ2n) is 3.51. The third-order valence-corrected chi connectivity index (χ3v) is 3.44. The Morgan fingerprint density at radius 2 is 1.56 bits per heavy atom. The van der Waals surface area contributed by atoms with Gasteiger partial charge in [0.25, 0.3) is 0 Å². The van der Waals surface area contributed by atoms with Crippen LogP contribution in [-0.2, 0) is 10.1 Å². The zero-order valence-corrected chi connectivity index (χ0v) is 9.54. The first-order valence-electron chi connectivity index (χ1n) is 4.79. The number of hydrogen-bond acceptors (Lipinski definition) is 2. The fourth-order valence-corrected chi connectivity index (χ4v) is 1.89. The molecule has 0 amide bonds. The lowest BCUT2D eigenvalue weighted by Crippen LogP contribution is -2.47. The molecule has 0 saturated carbocycles. The van der Waals surface area contributed by atoms with Crippen LogP contribution in [-0.4, -0.2) is 24.1 Å². The molecule has 98 valence electrons. The third-order valence-electron chi connectivity index (χ3n) is 2.18. The van der Waals surface area contributed by atoms with Gasteiger partial charge in [-0.15, -0.1) is 0 Å². The van der Waals surface area contributed by atoms with E-state index in [1.165, 1.54) is 0 Å². The molecule has 0 aliphatic heterocycles. The second-order valence-corrected chi connectivity index (χ2v) is 5.11. The minimum atomic E-state index is -5.80. The maximum Gasteiger partial charge on any atom is 0.439 e. The average Bonchev–Trinajstić information content (AvgIpc) is 2.08. The van der Waals surface area contributed by atoms with E-state index in [0.717, 1.165) is 6.42 Å². The van der Waals surface area contributed by atoms with E-state index in [2.05, 4.69) is 0 Å². The summed E-state index contributed by atoms with van der Waals surface area (Å²) < 4.78 is 79.0. The number of halogens is 4. The van der Waals surface area contributed by atoms with Gasteiger partial charge in [0.2, 0.25) is 0 Å². The average molecular weight is 266 g/mol. The van der Waals surface area contributed by atoms with Gasteiger partial charge in [0.15, 0.2) is 0 Å². The van der Waals surface area contributed by atoms with Crippen LogP contribution in [0.5, 0.6) is 0 Å². The molecule has 0 aliphatic carbocycles. The first-order valence-corrected chi connectivity index (χ1v) is 6.23. The van der Waals surface area contributed by atoms with Crippen molar-refractivity contribution >= 4 is 10.1 Å². The van der Waals surface area contributed by atoms with Gasteiger partial charge in [0.05, 0.1) is 0 Å². The van der Waals surface area contributed by atoms with Crippen molar-refractivity contribution in [1.82, 2.24) is 0 Å². The van der Waals surface area contributed by atoms with Crippen LogP contribution in [0.1, 0.15) is 39.0 Å². The van der Waals surface area contributed by atoms with Gasteiger partial charge < -0.3 is 0 Å². The summed E-state index contributed by atoms with van der Waals surface area (Å²) in [6, 6.07) is 0. The van der Waals surface area contributed by atoms with Gasteiger partial charge >= 0.3 is 21.3 Å². The minimum absolute atomic E-state index is 0.246. The molecule has 1 unspecified atom stereocenters. The fourth-order valence-electron chi connectivity index (χ4n) is 1.20. The number of unbranched alkanes of at least 4 members (excludes halogenated alkanes) is 3. The molecule has 0 bridgehead atoms. The lowest BCUT2D eigenvalue weighted by molar-refractivity contribution is -0.201. The molecule has 0 fully saturated rings.